The van der Waals surface area contributed by atoms with Gasteiger partial charge in [-0.1, -0.05) is 26.0 Å². The van der Waals surface area contributed by atoms with Crippen molar-refractivity contribution in [1.29, 1.82) is 0 Å². The number of Topliss-reactive ketones (excluding diaryl/α,β-unsaturated/α-hetero) is 1. The van der Waals surface area contributed by atoms with Crippen LogP contribution >= 0.6 is 0 Å². The fourth-order valence-corrected chi connectivity index (χ4v) is 7.63. The summed E-state index contributed by atoms with van der Waals surface area (Å²) in [5, 5.41) is 0. The van der Waals surface area contributed by atoms with Gasteiger partial charge in [-0.3, -0.25) is 14.4 Å². The van der Waals surface area contributed by atoms with Gasteiger partial charge in [0.05, 0.1) is 0 Å². The van der Waals surface area contributed by atoms with Crippen molar-refractivity contribution in [3.63, 3.8) is 0 Å². The molecular formula is C24H32O4. The third-order valence-electron chi connectivity index (χ3n) is 8.91. The van der Waals surface area contributed by atoms with Gasteiger partial charge in [0.1, 0.15) is 0 Å². The van der Waals surface area contributed by atoms with Crippen molar-refractivity contribution < 1.29 is 19.1 Å². The van der Waals surface area contributed by atoms with Crippen molar-refractivity contribution in [2.45, 2.75) is 78.2 Å². The molecule has 0 aliphatic heterocycles. The molecule has 0 unspecified atom stereocenters. The Labute approximate surface area is 167 Å². The van der Waals surface area contributed by atoms with Crippen LogP contribution in [0.25, 0.3) is 0 Å². The van der Waals surface area contributed by atoms with Crippen LogP contribution in [0, 0.1) is 28.6 Å². The summed E-state index contributed by atoms with van der Waals surface area (Å²) in [6.07, 6.45) is 8.10. The number of hydrogen-bond acceptors (Lipinski definition) is 4. The number of hydrogen-bond donors (Lipinski definition) is 0. The topological polar surface area (TPSA) is 60.4 Å². The normalized spacial score (nSPS) is 44.9. The second-order valence-corrected chi connectivity index (χ2v) is 10.1. The van der Waals surface area contributed by atoms with E-state index >= 15 is 0 Å². The molecule has 4 nitrogen and oxygen atoms in total. The maximum atomic E-state index is 12.9. The highest BCUT2D eigenvalue weighted by Gasteiger charge is 2.69. The van der Waals surface area contributed by atoms with Gasteiger partial charge in [-0.25, -0.2) is 0 Å². The van der Waals surface area contributed by atoms with E-state index in [1.165, 1.54) is 12.5 Å². The van der Waals surface area contributed by atoms with Gasteiger partial charge >= 0.3 is 5.97 Å². The quantitative estimate of drug-likeness (QED) is 0.517. The lowest BCUT2D eigenvalue weighted by Gasteiger charge is -2.58. The Morgan fingerprint density at radius 3 is 2.46 bits per heavy atom. The number of carbonyl (C=O) groups is 3. The van der Waals surface area contributed by atoms with Gasteiger partial charge in [-0.15, -0.1) is 0 Å². The number of carbonyl (C=O) groups excluding carboxylic acids is 3. The van der Waals surface area contributed by atoms with Crippen molar-refractivity contribution in [2.75, 3.05) is 0 Å². The molecule has 0 bridgehead atoms. The number of allylic oxidation sites excluding steroid dienone is 1. The van der Waals surface area contributed by atoms with Crippen LogP contribution in [0.1, 0.15) is 72.6 Å². The maximum absolute atomic E-state index is 12.9. The van der Waals surface area contributed by atoms with Crippen molar-refractivity contribution in [1.82, 2.24) is 0 Å². The summed E-state index contributed by atoms with van der Waals surface area (Å²) in [5.74, 6) is 1.05. The Kier molecular flexibility index (Phi) is 4.30. The van der Waals surface area contributed by atoms with Crippen molar-refractivity contribution in [3.8, 4) is 0 Å². The fraction of sp³-hybridized carbons (Fsp3) is 0.708. The van der Waals surface area contributed by atoms with Gasteiger partial charge in [-0.2, -0.15) is 0 Å². The smallest absolute Gasteiger partial charge is 0.303 e. The maximum Gasteiger partial charge on any atom is 0.303 e. The van der Waals surface area contributed by atoms with Crippen LogP contribution in [0.3, 0.4) is 0 Å². The molecule has 0 spiro atoms. The van der Waals surface area contributed by atoms with E-state index in [-0.39, 0.29) is 22.9 Å². The van der Waals surface area contributed by atoms with Crippen LogP contribution in [0.4, 0.5) is 0 Å². The largest absolute Gasteiger partial charge is 0.446 e. The monoisotopic (exact) mass is 384 g/mol. The molecule has 28 heavy (non-hydrogen) atoms. The summed E-state index contributed by atoms with van der Waals surface area (Å²) in [4.78, 5) is 36.8. The van der Waals surface area contributed by atoms with Gasteiger partial charge in [0.25, 0.3) is 0 Å². The first-order chi connectivity index (χ1) is 13.1. The molecule has 0 N–H and O–H groups in total. The highest BCUT2D eigenvalue weighted by atomic mass is 16.6. The second kappa shape index (κ2) is 6.14. The zero-order valence-corrected chi connectivity index (χ0v) is 17.6. The lowest BCUT2D eigenvalue weighted by molar-refractivity contribution is -0.181. The first-order valence-electron chi connectivity index (χ1n) is 10.7. The predicted molar refractivity (Wildman–Crippen MR) is 106 cm³/mol. The van der Waals surface area contributed by atoms with E-state index in [1.54, 1.807) is 6.92 Å². The third-order valence-corrected chi connectivity index (χ3v) is 8.91. The molecule has 4 rings (SSSR count). The van der Waals surface area contributed by atoms with Gasteiger partial charge < -0.3 is 4.74 Å². The average molecular weight is 385 g/mol. The van der Waals surface area contributed by atoms with Gasteiger partial charge in [0.15, 0.2) is 17.2 Å². The van der Waals surface area contributed by atoms with Crippen LogP contribution in [0.15, 0.2) is 23.8 Å². The Morgan fingerprint density at radius 2 is 1.82 bits per heavy atom. The second-order valence-electron chi connectivity index (χ2n) is 10.1. The summed E-state index contributed by atoms with van der Waals surface area (Å²) < 4.78 is 5.83. The summed E-state index contributed by atoms with van der Waals surface area (Å²) in [6.45, 7) is 11.7. The van der Waals surface area contributed by atoms with Gasteiger partial charge in [-0.05, 0) is 80.3 Å². The molecule has 0 aromatic heterocycles. The number of ketones is 2. The standard InChI is InChI=1S/C24H32O4/c1-14-12-21-19-7-6-17-13-18(27)8-10-22(17,4)20(19)9-11-23(21,5)24(14,15(2)25)28-16(3)26/h13,19-21H,1,6-12H2,2-5H3/t19-,20-,21+,22+,23+,24+/m1/s1. The van der Waals surface area contributed by atoms with E-state index < -0.39 is 17.0 Å². The molecule has 0 amide bonds. The highest BCUT2D eigenvalue weighted by Crippen LogP contribution is 2.69. The molecule has 0 heterocycles. The fourth-order valence-electron chi connectivity index (χ4n) is 7.63. The molecule has 3 saturated carbocycles. The Hall–Kier alpha value is -1.71. The van der Waals surface area contributed by atoms with E-state index in [0.717, 1.165) is 44.1 Å². The van der Waals surface area contributed by atoms with E-state index in [9.17, 15) is 14.4 Å². The lowest BCUT2D eigenvalue weighted by Crippen LogP contribution is -2.59. The van der Waals surface area contributed by atoms with Crippen LogP contribution in [0.5, 0.6) is 0 Å². The minimum absolute atomic E-state index is 0.0857. The predicted octanol–water partition coefficient (Wildman–Crippen LogP) is 4.58. The van der Waals surface area contributed by atoms with Crippen LogP contribution in [0.2, 0.25) is 0 Å². The summed E-state index contributed by atoms with van der Waals surface area (Å²) in [7, 11) is 0. The Balaban J connectivity index is 1.75. The number of fused-ring (bicyclic) bond motifs is 5. The third kappa shape index (κ3) is 2.32. The minimum Gasteiger partial charge on any atom is -0.446 e. The summed E-state index contributed by atoms with van der Waals surface area (Å²) >= 11 is 0. The minimum atomic E-state index is -1.19. The van der Waals surface area contributed by atoms with Crippen molar-refractivity contribution in [2.24, 2.45) is 28.6 Å². The molecular weight excluding hydrogens is 352 g/mol. The zero-order chi connectivity index (χ0) is 20.5. The van der Waals surface area contributed by atoms with Gasteiger partial charge in [0, 0.05) is 18.8 Å². The van der Waals surface area contributed by atoms with Gasteiger partial charge in [0.2, 0.25) is 0 Å². The lowest BCUT2D eigenvalue weighted by atomic mass is 9.46. The van der Waals surface area contributed by atoms with Crippen molar-refractivity contribution >= 4 is 17.5 Å². The van der Waals surface area contributed by atoms with Crippen molar-refractivity contribution in [3.05, 3.63) is 23.8 Å². The van der Waals surface area contributed by atoms with E-state index in [4.69, 9.17) is 4.74 Å². The number of esters is 1. The molecule has 4 aliphatic carbocycles. The summed E-state index contributed by atoms with van der Waals surface area (Å²) in [5.41, 5.74) is 0.609. The van der Waals surface area contributed by atoms with E-state index in [2.05, 4.69) is 20.4 Å². The molecule has 0 aromatic rings. The van der Waals surface area contributed by atoms with Crippen LogP contribution in [-0.2, 0) is 19.1 Å². The van der Waals surface area contributed by atoms with Crippen LogP contribution in [-0.4, -0.2) is 23.1 Å². The van der Waals surface area contributed by atoms with E-state index in [1.807, 2.05) is 6.08 Å². The molecule has 4 aliphatic rings. The molecule has 4 heteroatoms. The first kappa shape index (κ1) is 19.6. The van der Waals surface area contributed by atoms with Crippen LogP contribution < -0.4 is 0 Å². The van der Waals surface area contributed by atoms with E-state index in [0.29, 0.717) is 18.3 Å². The summed E-state index contributed by atoms with van der Waals surface area (Å²) in [6, 6.07) is 0. The average Bonchev–Trinajstić information content (AvgIpc) is 2.83. The first-order valence-corrected chi connectivity index (χ1v) is 10.7. The Bertz CT molecular complexity index is 807. The SMILES string of the molecule is C=C1C[C@H]2[C@@H]3CCC4=CC(=O)CC[C@]4(C)[C@@H]3CC[C@]2(C)[C@@]1(OC(C)=O)C(C)=O. The zero-order valence-electron chi connectivity index (χ0n) is 17.6. The molecule has 6 atom stereocenters. The highest BCUT2D eigenvalue weighted by molar-refractivity contribution is 5.93. The molecule has 152 valence electrons. The Morgan fingerprint density at radius 1 is 1.11 bits per heavy atom. The molecule has 0 radical (unpaired) electrons. The molecule has 3 fully saturated rings. The molecule has 0 saturated heterocycles. The number of ether oxygens (including phenoxy) is 1. The number of rotatable bonds is 2. The molecule has 0 aromatic carbocycles.